The minimum Gasteiger partial charge on any atom is -0.342 e. The van der Waals surface area contributed by atoms with E-state index in [-0.39, 0.29) is 11.8 Å². The molecule has 1 fully saturated rings. The second-order valence-electron chi connectivity index (χ2n) is 8.04. The van der Waals surface area contributed by atoms with Crippen LogP contribution < -0.4 is 4.90 Å². The summed E-state index contributed by atoms with van der Waals surface area (Å²) in [7, 11) is 0. The molecule has 1 aliphatic rings. The highest BCUT2D eigenvalue weighted by Crippen LogP contribution is 2.28. The van der Waals surface area contributed by atoms with Crippen LogP contribution in [0.1, 0.15) is 45.1 Å². The van der Waals surface area contributed by atoms with E-state index in [1.54, 1.807) is 18.7 Å². The van der Waals surface area contributed by atoms with E-state index >= 15 is 0 Å². The molecule has 1 saturated heterocycles. The summed E-state index contributed by atoms with van der Waals surface area (Å²) in [5.41, 5.74) is 0.750. The Morgan fingerprint density at radius 1 is 0.857 bits per heavy atom. The van der Waals surface area contributed by atoms with Crippen molar-refractivity contribution in [3.05, 3.63) is 66.2 Å². The van der Waals surface area contributed by atoms with Crippen LogP contribution in [0.4, 0.5) is 5.69 Å². The first-order chi connectivity index (χ1) is 13.5. The normalized spacial score (nSPS) is 15.0. The minimum absolute atomic E-state index is 0.0617. The van der Waals surface area contributed by atoms with E-state index in [1.807, 2.05) is 65.6 Å². The van der Waals surface area contributed by atoms with Gasteiger partial charge in [-0.1, -0.05) is 61.4 Å². The second-order valence-corrected chi connectivity index (χ2v) is 8.04. The van der Waals surface area contributed by atoms with Crippen molar-refractivity contribution in [2.45, 2.75) is 46.1 Å². The third-order valence-corrected chi connectivity index (χ3v) is 5.46. The molecule has 0 aromatic heterocycles. The molecule has 28 heavy (non-hydrogen) atoms. The molecule has 0 atom stereocenters. The number of anilines is 1. The van der Waals surface area contributed by atoms with Gasteiger partial charge in [0.05, 0.1) is 6.54 Å². The fraction of sp³-hybridized carbons (Fsp3) is 0.417. The molecule has 0 spiro atoms. The Bertz CT molecular complexity index is 779. The Kier molecular flexibility index (Phi) is 6.50. The molecule has 0 unspecified atom stereocenters. The smallest absolute Gasteiger partial charge is 0.242 e. The van der Waals surface area contributed by atoms with Crippen LogP contribution in [0, 0.1) is 5.41 Å². The molecule has 4 nitrogen and oxygen atoms in total. The van der Waals surface area contributed by atoms with Crippen molar-refractivity contribution >= 4 is 17.5 Å². The maximum absolute atomic E-state index is 13.6. The van der Waals surface area contributed by atoms with Crippen LogP contribution in [-0.2, 0) is 16.1 Å². The highest BCUT2D eigenvalue weighted by Gasteiger charge is 2.42. The lowest BCUT2D eigenvalue weighted by Crippen LogP contribution is -2.51. The molecular weight excluding hydrogens is 348 g/mol. The van der Waals surface area contributed by atoms with Crippen LogP contribution in [0.5, 0.6) is 0 Å². The third-order valence-electron chi connectivity index (χ3n) is 5.46. The monoisotopic (exact) mass is 378 g/mol. The third kappa shape index (κ3) is 4.61. The Balaban J connectivity index is 1.87. The summed E-state index contributed by atoms with van der Waals surface area (Å²) >= 11 is 0. The van der Waals surface area contributed by atoms with Gasteiger partial charge in [-0.2, -0.15) is 0 Å². The van der Waals surface area contributed by atoms with Crippen molar-refractivity contribution in [2.75, 3.05) is 18.0 Å². The van der Waals surface area contributed by atoms with Crippen molar-refractivity contribution < 1.29 is 9.59 Å². The van der Waals surface area contributed by atoms with Crippen molar-refractivity contribution in [3.63, 3.8) is 0 Å². The topological polar surface area (TPSA) is 40.6 Å². The number of para-hydroxylation sites is 1. The van der Waals surface area contributed by atoms with Gasteiger partial charge in [0.15, 0.2) is 0 Å². The van der Waals surface area contributed by atoms with Gasteiger partial charge in [-0.15, -0.1) is 0 Å². The number of rotatable bonds is 5. The predicted molar refractivity (Wildman–Crippen MR) is 113 cm³/mol. The van der Waals surface area contributed by atoms with Crippen molar-refractivity contribution in [1.29, 1.82) is 0 Å². The Hall–Kier alpha value is -2.62. The molecule has 148 valence electrons. The number of amides is 2. The highest BCUT2D eigenvalue weighted by molar-refractivity contribution is 6.11. The van der Waals surface area contributed by atoms with E-state index < -0.39 is 5.41 Å². The van der Waals surface area contributed by atoms with Gasteiger partial charge < -0.3 is 9.80 Å². The molecule has 2 amide bonds. The van der Waals surface area contributed by atoms with E-state index in [2.05, 4.69) is 0 Å². The zero-order valence-corrected chi connectivity index (χ0v) is 16.9. The number of carbonyl (C=O) groups is 2. The van der Waals surface area contributed by atoms with E-state index in [0.29, 0.717) is 6.54 Å². The molecule has 1 aliphatic heterocycles. The number of hydrogen-bond donors (Lipinski definition) is 0. The maximum atomic E-state index is 13.6. The van der Waals surface area contributed by atoms with E-state index in [1.165, 1.54) is 0 Å². The van der Waals surface area contributed by atoms with Crippen LogP contribution in [-0.4, -0.2) is 29.8 Å². The average molecular weight is 379 g/mol. The lowest BCUT2D eigenvalue weighted by molar-refractivity contribution is -0.147. The van der Waals surface area contributed by atoms with Crippen LogP contribution in [0.2, 0.25) is 0 Å². The lowest BCUT2D eigenvalue weighted by atomic mass is 9.88. The largest absolute Gasteiger partial charge is 0.342 e. The van der Waals surface area contributed by atoms with Gasteiger partial charge >= 0.3 is 0 Å². The van der Waals surface area contributed by atoms with E-state index in [9.17, 15) is 9.59 Å². The number of nitrogens with zero attached hydrogens (tertiary/aromatic N) is 2. The standard InChI is InChI=1S/C24H30N2O2/c1-24(2,22(27)25-17-11-3-4-12-18-25)23(28)26(21-15-9-6-10-16-21)19-20-13-7-5-8-14-20/h5-10,13-16H,3-4,11-12,17-19H2,1-2H3. The average Bonchev–Trinajstić information content (AvgIpc) is 3.02. The van der Waals surface area contributed by atoms with Gasteiger partial charge in [0.2, 0.25) is 11.8 Å². The van der Waals surface area contributed by atoms with Gasteiger partial charge in [-0.3, -0.25) is 9.59 Å². The summed E-state index contributed by atoms with van der Waals surface area (Å²) in [6.45, 7) is 5.48. The molecular formula is C24H30N2O2. The molecule has 4 heteroatoms. The molecule has 3 rings (SSSR count). The lowest BCUT2D eigenvalue weighted by Gasteiger charge is -2.35. The maximum Gasteiger partial charge on any atom is 0.242 e. The van der Waals surface area contributed by atoms with Gasteiger partial charge in [-0.25, -0.2) is 0 Å². The summed E-state index contributed by atoms with van der Waals surface area (Å²) in [6, 6.07) is 19.5. The van der Waals surface area contributed by atoms with Crippen LogP contribution >= 0.6 is 0 Å². The van der Waals surface area contributed by atoms with E-state index in [4.69, 9.17) is 0 Å². The highest BCUT2D eigenvalue weighted by atomic mass is 16.2. The van der Waals surface area contributed by atoms with Gasteiger partial charge in [0.1, 0.15) is 5.41 Å². The summed E-state index contributed by atoms with van der Waals surface area (Å²) in [5.74, 6) is -0.217. The summed E-state index contributed by atoms with van der Waals surface area (Å²) in [6.07, 6.45) is 4.34. The molecule has 0 radical (unpaired) electrons. The molecule has 1 heterocycles. The van der Waals surface area contributed by atoms with Crippen molar-refractivity contribution in [3.8, 4) is 0 Å². The Morgan fingerprint density at radius 2 is 1.39 bits per heavy atom. The first kappa shape index (κ1) is 20.1. The Morgan fingerprint density at radius 3 is 1.96 bits per heavy atom. The molecule has 0 saturated carbocycles. The van der Waals surface area contributed by atoms with Crippen LogP contribution in [0.25, 0.3) is 0 Å². The van der Waals surface area contributed by atoms with Gasteiger partial charge in [0.25, 0.3) is 0 Å². The first-order valence-electron chi connectivity index (χ1n) is 10.2. The van der Waals surface area contributed by atoms with Gasteiger partial charge in [0, 0.05) is 18.8 Å². The minimum atomic E-state index is -1.10. The predicted octanol–water partition coefficient (Wildman–Crippen LogP) is 4.65. The van der Waals surface area contributed by atoms with Crippen molar-refractivity contribution in [2.24, 2.45) is 5.41 Å². The fourth-order valence-corrected chi connectivity index (χ4v) is 3.75. The van der Waals surface area contributed by atoms with Crippen LogP contribution in [0.15, 0.2) is 60.7 Å². The molecule has 2 aromatic rings. The fourth-order valence-electron chi connectivity index (χ4n) is 3.75. The van der Waals surface area contributed by atoms with E-state index in [0.717, 1.165) is 50.0 Å². The Labute approximate surface area is 168 Å². The first-order valence-corrected chi connectivity index (χ1v) is 10.2. The van der Waals surface area contributed by atoms with Crippen molar-refractivity contribution in [1.82, 2.24) is 4.90 Å². The second kappa shape index (κ2) is 9.05. The number of likely N-dealkylation sites (tertiary alicyclic amines) is 1. The summed E-state index contributed by atoms with van der Waals surface area (Å²) in [4.78, 5) is 30.5. The number of carbonyl (C=O) groups excluding carboxylic acids is 2. The number of hydrogen-bond acceptors (Lipinski definition) is 2. The zero-order valence-electron chi connectivity index (χ0n) is 16.9. The zero-order chi connectivity index (χ0) is 20.0. The van der Waals surface area contributed by atoms with Crippen LogP contribution in [0.3, 0.4) is 0 Å². The molecule has 0 N–H and O–H groups in total. The SMILES string of the molecule is CC(C)(C(=O)N1CCCCCC1)C(=O)N(Cc1ccccc1)c1ccccc1. The molecule has 0 bridgehead atoms. The molecule has 0 aliphatic carbocycles. The summed E-state index contributed by atoms with van der Waals surface area (Å²) in [5, 5.41) is 0. The summed E-state index contributed by atoms with van der Waals surface area (Å²) < 4.78 is 0. The van der Waals surface area contributed by atoms with Gasteiger partial charge in [-0.05, 0) is 44.4 Å². The number of benzene rings is 2. The quantitative estimate of drug-likeness (QED) is 0.711. The molecule has 2 aromatic carbocycles.